The zero-order valence-corrected chi connectivity index (χ0v) is 23.1. The smallest absolute Gasteiger partial charge is 0.295 e. The average Bonchev–Trinajstić information content (AvgIpc) is 3.23. The summed E-state index contributed by atoms with van der Waals surface area (Å²) < 4.78 is 48.0. The molecule has 3 saturated heterocycles. The zero-order chi connectivity index (χ0) is 28.3. The van der Waals surface area contributed by atoms with E-state index in [0.29, 0.717) is 39.3 Å². The average molecular weight is 572 g/mol. The fraction of sp³-hybridized carbons (Fsp3) is 0.448. The van der Waals surface area contributed by atoms with Crippen LogP contribution in [0.25, 0.3) is 5.76 Å². The molecule has 0 bridgehead atoms. The second-order valence-corrected chi connectivity index (χ2v) is 12.2. The predicted octanol–water partition coefficient (Wildman–Crippen LogP) is 3.14. The Bertz CT molecular complexity index is 1380. The molecule has 0 radical (unpaired) electrons. The molecule has 3 fully saturated rings. The number of nitrogens with zero attached hydrogens (tertiary/aromatic N) is 3. The van der Waals surface area contributed by atoms with Crippen molar-refractivity contribution in [3.8, 4) is 0 Å². The van der Waals surface area contributed by atoms with Crippen LogP contribution in [0.5, 0.6) is 0 Å². The predicted molar refractivity (Wildman–Crippen MR) is 146 cm³/mol. The number of aliphatic hydroxyl groups excluding tert-OH is 1. The topological polar surface area (TPSA) is 107 Å². The lowest BCUT2D eigenvalue weighted by molar-refractivity contribution is -0.140. The van der Waals surface area contributed by atoms with E-state index in [-0.39, 0.29) is 28.1 Å². The van der Waals surface area contributed by atoms with Crippen molar-refractivity contribution in [2.45, 2.75) is 36.6 Å². The first kappa shape index (κ1) is 28.4. The molecular formula is C29H34FN3O6S. The fourth-order valence-electron chi connectivity index (χ4n) is 5.61. The first-order valence-corrected chi connectivity index (χ1v) is 15.2. The number of benzene rings is 2. The van der Waals surface area contributed by atoms with Gasteiger partial charge in [-0.15, -0.1) is 0 Å². The molecule has 2 aromatic rings. The first-order chi connectivity index (χ1) is 19.3. The molecule has 3 aliphatic heterocycles. The minimum absolute atomic E-state index is 0.0835. The van der Waals surface area contributed by atoms with Gasteiger partial charge in [0.05, 0.1) is 29.7 Å². The van der Waals surface area contributed by atoms with Gasteiger partial charge in [0.2, 0.25) is 10.0 Å². The van der Waals surface area contributed by atoms with Crippen LogP contribution in [0.4, 0.5) is 4.39 Å². The number of ether oxygens (including phenoxy) is 1. The molecule has 11 heteroatoms. The van der Waals surface area contributed by atoms with Gasteiger partial charge in [0.15, 0.2) is 0 Å². The minimum atomic E-state index is -3.69. The minimum Gasteiger partial charge on any atom is -0.507 e. The third-order valence-corrected chi connectivity index (χ3v) is 9.71. The highest BCUT2D eigenvalue weighted by Crippen LogP contribution is 2.40. The number of ketones is 1. The third-order valence-electron chi connectivity index (χ3n) is 7.80. The largest absolute Gasteiger partial charge is 0.507 e. The monoisotopic (exact) mass is 571 g/mol. The van der Waals surface area contributed by atoms with Gasteiger partial charge in [-0.05, 0) is 49.6 Å². The van der Waals surface area contributed by atoms with E-state index in [9.17, 15) is 23.1 Å². The number of halogens is 1. The number of carbonyl (C=O) groups is 2. The molecule has 0 spiro atoms. The number of morpholine rings is 1. The number of Topliss-reactive ketones (excluding diaryl/α,β-unsaturated/α-hetero) is 1. The normalized spacial score (nSPS) is 22.6. The second-order valence-electron chi connectivity index (χ2n) is 10.3. The third kappa shape index (κ3) is 5.69. The van der Waals surface area contributed by atoms with Gasteiger partial charge >= 0.3 is 0 Å². The number of rotatable bonds is 8. The summed E-state index contributed by atoms with van der Waals surface area (Å²) in [6, 6.07) is 10.4. The second kappa shape index (κ2) is 12.2. The van der Waals surface area contributed by atoms with E-state index >= 15 is 4.39 Å². The first-order valence-electron chi connectivity index (χ1n) is 13.7. The van der Waals surface area contributed by atoms with Crippen molar-refractivity contribution in [3.63, 3.8) is 0 Å². The van der Waals surface area contributed by atoms with E-state index in [1.165, 1.54) is 51.7 Å². The van der Waals surface area contributed by atoms with E-state index in [1.807, 2.05) is 0 Å². The van der Waals surface area contributed by atoms with Gasteiger partial charge in [-0.25, -0.2) is 12.8 Å². The van der Waals surface area contributed by atoms with Crippen LogP contribution < -0.4 is 0 Å². The molecule has 9 nitrogen and oxygen atoms in total. The zero-order valence-electron chi connectivity index (χ0n) is 22.3. The van der Waals surface area contributed by atoms with Gasteiger partial charge in [-0.2, -0.15) is 4.31 Å². The molecule has 1 amide bonds. The number of hydrogen-bond acceptors (Lipinski definition) is 7. The summed E-state index contributed by atoms with van der Waals surface area (Å²) in [4.78, 5) is 30.1. The molecule has 0 aromatic heterocycles. The Hall–Kier alpha value is -3.12. The molecule has 3 heterocycles. The number of piperidine rings is 1. The van der Waals surface area contributed by atoms with E-state index in [1.54, 1.807) is 6.07 Å². The van der Waals surface area contributed by atoms with Gasteiger partial charge in [0.25, 0.3) is 11.7 Å². The highest BCUT2D eigenvalue weighted by atomic mass is 32.2. The summed E-state index contributed by atoms with van der Waals surface area (Å²) in [5.74, 6) is -2.77. The molecule has 2 aromatic carbocycles. The van der Waals surface area contributed by atoms with Crippen molar-refractivity contribution in [1.82, 2.24) is 14.1 Å². The molecule has 1 unspecified atom stereocenters. The van der Waals surface area contributed by atoms with Crippen LogP contribution in [0, 0.1) is 5.82 Å². The molecule has 5 rings (SSSR count). The molecule has 1 N–H and O–H groups in total. The number of sulfonamides is 1. The summed E-state index contributed by atoms with van der Waals surface area (Å²) in [7, 11) is -3.69. The van der Waals surface area contributed by atoms with Crippen LogP contribution in [0.1, 0.15) is 42.9 Å². The highest BCUT2D eigenvalue weighted by molar-refractivity contribution is 7.89. The molecule has 214 valence electrons. The molecule has 3 aliphatic rings. The van der Waals surface area contributed by atoms with E-state index in [0.717, 1.165) is 32.4 Å². The Morgan fingerprint density at radius 2 is 1.60 bits per heavy atom. The Morgan fingerprint density at radius 3 is 2.27 bits per heavy atom. The number of amides is 1. The SMILES string of the molecule is O=C1C(=O)N(CCCN2CCOCC2)C(c2ccccc2F)/C1=C(\O)c1ccc(S(=O)(=O)N2CCCCC2)cc1. The maximum absolute atomic E-state index is 15.0. The molecule has 40 heavy (non-hydrogen) atoms. The standard InChI is InChI=1S/C29H34FN3O6S/c30-24-8-3-2-7-23(24)26-25(28(35)29(36)33(26)16-6-13-31-17-19-39-20-18-31)27(34)21-9-11-22(12-10-21)40(37,38)32-14-4-1-5-15-32/h2-3,7-12,26,34H,1,4-6,13-20H2/b27-25+. The molecule has 1 atom stereocenters. The summed E-state index contributed by atoms with van der Waals surface area (Å²) in [5, 5.41) is 11.3. The number of carbonyl (C=O) groups excluding carboxylic acids is 2. The van der Waals surface area contributed by atoms with Crippen molar-refractivity contribution >= 4 is 27.5 Å². The summed E-state index contributed by atoms with van der Waals surface area (Å²) in [6.07, 6.45) is 3.16. The maximum atomic E-state index is 15.0. The van der Waals surface area contributed by atoms with Gasteiger partial charge < -0.3 is 14.7 Å². The molecule has 0 saturated carbocycles. The lowest BCUT2D eigenvalue weighted by Gasteiger charge is -2.29. The lowest BCUT2D eigenvalue weighted by Crippen LogP contribution is -2.39. The van der Waals surface area contributed by atoms with Gasteiger partial charge in [0.1, 0.15) is 11.6 Å². The summed E-state index contributed by atoms with van der Waals surface area (Å²) in [6.45, 7) is 4.63. The Balaban J connectivity index is 1.45. The Morgan fingerprint density at radius 1 is 0.925 bits per heavy atom. The van der Waals surface area contributed by atoms with E-state index in [4.69, 9.17) is 4.74 Å². The number of aliphatic hydroxyl groups is 1. The van der Waals surface area contributed by atoms with Crippen molar-refractivity contribution in [2.75, 3.05) is 52.5 Å². The number of hydrogen-bond donors (Lipinski definition) is 1. The van der Waals surface area contributed by atoms with Gasteiger partial charge in [0, 0.05) is 50.4 Å². The van der Waals surface area contributed by atoms with Gasteiger partial charge in [-0.1, -0.05) is 24.6 Å². The van der Waals surface area contributed by atoms with Crippen molar-refractivity contribution in [3.05, 3.63) is 71.0 Å². The maximum Gasteiger partial charge on any atom is 0.295 e. The van der Waals surface area contributed by atoms with Crippen LogP contribution in [0.3, 0.4) is 0 Å². The Kier molecular flexibility index (Phi) is 8.65. The van der Waals surface area contributed by atoms with Gasteiger partial charge in [-0.3, -0.25) is 14.5 Å². The molecule has 0 aliphatic carbocycles. The van der Waals surface area contributed by atoms with Crippen LogP contribution in [-0.4, -0.2) is 91.8 Å². The lowest BCUT2D eigenvalue weighted by atomic mass is 9.95. The fourth-order valence-corrected chi connectivity index (χ4v) is 7.13. The number of likely N-dealkylation sites (tertiary alicyclic amines) is 1. The highest BCUT2D eigenvalue weighted by Gasteiger charge is 2.46. The Labute approximate surface area is 233 Å². The molecular weight excluding hydrogens is 537 g/mol. The quantitative estimate of drug-likeness (QED) is 0.295. The van der Waals surface area contributed by atoms with Crippen molar-refractivity contribution in [1.29, 1.82) is 0 Å². The van der Waals surface area contributed by atoms with Crippen molar-refractivity contribution in [2.24, 2.45) is 0 Å². The van der Waals surface area contributed by atoms with Crippen LogP contribution in [-0.2, 0) is 24.3 Å². The van der Waals surface area contributed by atoms with Crippen molar-refractivity contribution < 1.29 is 32.2 Å². The van der Waals surface area contributed by atoms with E-state index in [2.05, 4.69) is 4.90 Å². The van der Waals surface area contributed by atoms with Crippen LogP contribution in [0.2, 0.25) is 0 Å². The van der Waals surface area contributed by atoms with Crippen LogP contribution >= 0.6 is 0 Å². The summed E-state index contributed by atoms with van der Waals surface area (Å²) in [5.41, 5.74) is 0.0669. The summed E-state index contributed by atoms with van der Waals surface area (Å²) >= 11 is 0. The van der Waals surface area contributed by atoms with Crippen LogP contribution in [0.15, 0.2) is 59.0 Å². The van der Waals surface area contributed by atoms with E-state index < -0.39 is 39.3 Å².